The highest BCUT2D eigenvalue weighted by Gasteiger charge is 2.25. The van der Waals surface area contributed by atoms with Gasteiger partial charge in [0.15, 0.2) is 0 Å². The minimum Gasteiger partial charge on any atom is -0.0773 e. The van der Waals surface area contributed by atoms with Crippen molar-refractivity contribution in [2.75, 3.05) is 0 Å². The lowest BCUT2D eigenvalue weighted by Gasteiger charge is -2.18. The van der Waals surface area contributed by atoms with Gasteiger partial charge in [-0.25, -0.2) is 0 Å². The molecule has 1 atom stereocenters. The molecule has 16 heavy (non-hydrogen) atoms. The predicted molar refractivity (Wildman–Crippen MR) is 68.9 cm³/mol. The average molecular weight is 208 g/mol. The minimum absolute atomic E-state index is 0.499. The smallest absolute Gasteiger partial charge is 0.0204 e. The quantitative estimate of drug-likeness (QED) is 0.644. The number of hydrogen-bond donors (Lipinski definition) is 0. The van der Waals surface area contributed by atoms with E-state index in [4.69, 9.17) is 0 Å². The van der Waals surface area contributed by atoms with E-state index in [0.717, 1.165) is 0 Å². The summed E-state index contributed by atoms with van der Waals surface area (Å²) in [5.74, 6) is 1.59. The van der Waals surface area contributed by atoms with E-state index in [9.17, 15) is 0 Å². The lowest BCUT2D eigenvalue weighted by molar-refractivity contribution is 0.759. The van der Waals surface area contributed by atoms with Crippen LogP contribution in [-0.4, -0.2) is 0 Å². The molecule has 0 saturated heterocycles. The van der Waals surface area contributed by atoms with Crippen molar-refractivity contribution in [3.63, 3.8) is 0 Å². The maximum atomic E-state index is 2.32. The first kappa shape index (κ1) is 9.65. The van der Waals surface area contributed by atoms with Crippen LogP contribution in [-0.2, 0) is 0 Å². The highest BCUT2D eigenvalue weighted by molar-refractivity contribution is 5.48. The molecule has 3 aliphatic carbocycles. The highest BCUT2D eigenvalue weighted by Crippen LogP contribution is 2.39. The van der Waals surface area contributed by atoms with E-state index in [-0.39, 0.29) is 0 Å². The zero-order valence-electron chi connectivity index (χ0n) is 9.51. The molecule has 80 valence electrons. The van der Waals surface area contributed by atoms with Gasteiger partial charge in [-0.2, -0.15) is 0 Å². The summed E-state index contributed by atoms with van der Waals surface area (Å²) in [6, 6.07) is 0. The second-order valence-corrected chi connectivity index (χ2v) is 4.65. The maximum absolute atomic E-state index is 2.32. The van der Waals surface area contributed by atoms with Gasteiger partial charge in [-0.3, -0.25) is 0 Å². The second kappa shape index (κ2) is 3.79. The van der Waals surface area contributed by atoms with E-state index >= 15 is 0 Å². The summed E-state index contributed by atoms with van der Waals surface area (Å²) in [5.41, 5.74) is 3.07. The third-order valence-electron chi connectivity index (χ3n) is 3.60. The van der Waals surface area contributed by atoms with Crippen LogP contribution in [0.2, 0.25) is 0 Å². The molecule has 0 radical (unpaired) electrons. The van der Waals surface area contributed by atoms with Crippen LogP contribution >= 0.6 is 0 Å². The van der Waals surface area contributed by atoms with Gasteiger partial charge in [0.25, 0.3) is 0 Å². The van der Waals surface area contributed by atoms with Gasteiger partial charge in [-0.1, -0.05) is 67.7 Å². The third-order valence-corrected chi connectivity index (χ3v) is 3.60. The molecule has 3 rings (SSSR count). The van der Waals surface area contributed by atoms with Crippen LogP contribution in [0.25, 0.3) is 0 Å². The third kappa shape index (κ3) is 1.46. The molecule has 0 amide bonds. The van der Waals surface area contributed by atoms with Crippen molar-refractivity contribution in [2.24, 2.45) is 17.8 Å². The van der Waals surface area contributed by atoms with Crippen molar-refractivity contribution >= 4 is 0 Å². The van der Waals surface area contributed by atoms with Gasteiger partial charge in [-0.05, 0) is 17.1 Å². The van der Waals surface area contributed by atoms with Crippen LogP contribution in [0.15, 0.2) is 71.9 Å². The van der Waals surface area contributed by atoms with Crippen molar-refractivity contribution in [1.82, 2.24) is 0 Å². The zero-order chi connectivity index (χ0) is 11.0. The molecule has 0 aromatic carbocycles. The highest BCUT2D eigenvalue weighted by atomic mass is 14.3. The molecule has 0 aromatic rings. The van der Waals surface area contributed by atoms with Crippen molar-refractivity contribution in [1.29, 1.82) is 0 Å². The summed E-state index contributed by atoms with van der Waals surface area (Å²) in [6.45, 7) is 2.29. The SMILES string of the molecule is CC1C=CC(C2C=CC=C2)=C1C1C=CC=C1. The van der Waals surface area contributed by atoms with Crippen LogP contribution in [0.5, 0.6) is 0 Å². The van der Waals surface area contributed by atoms with Gasteiger partial charge in [0.1, 0.15) is 0 Å². The summed E-state index contributed by atoms with van der Waals surface area (Å²) >= 11 is 0. The largest absolute Gasteiger partial charge is 0.0773 e. The first-order valence-corrected chi connectivity index (χ1v) is 5.98. The molecule has 3 aliphatic rings. The topological polar surface area (TPSA) is 0 Å². The Hall–Kier alpha value is -1.56. The van der Waals surface area contributed by atoms with Crippen molar-refractivity contribution < 1.29 is 0 Å². The monoisotopic (exact) mass is 208 g/mol. The van der Waals surface area contributed by atoms with Crippen LogP contribution in [0, 0.1) is 17.8 Å². The molecule has 0 heteroatoms. The Morgan fingerprint density at radius 1 is 0.750 bits per heavy atom. The normalized spacial score (nSPS) is 28.2. The molecule has 0 N–H and O–H groups in total. The maximum Gasteiger partial charge on any atom is 0.0204 e. The molecular formula is C16H16. The zero-order valence-corrected chi connectivity index (χ0v) is 9.51. The van der Waals surface area contributed by atoms with Crippen LogP contribution in [0.3, 0.4) is 0 Å². The molecular weight excluding hydrogens is 192 g/mol. The van der Waals surface area contributed by atoms with E-state index < -0.39 is 0 Å². The van der Waals surface area contributed by atoms with Gasteiger partial charge < -0.3 is 0 Å². The van der Waals surface area contributed by atoms with Crippen LogP contribution in [0.4, 0.5) is 0 Å². The Bertz CT molecular complexity index is 442. The molecule has 0 spiro atoms. The Balaban J connectivity index is 2.00. The van der Waals surface area contributed by atoms with E-state index in [1.165, 1.54) is 5.57 Å². The second-order valence-electron chi connectivity index (χ2n) is 4.65. The summed E-state index contributed by atoms with van der Waals surface area (Å²) in [5, 5.41) is 0. The van der Waals surface area contributed by atoms with Gasteiger partial charge >= 0.3 is 0 Å². The van der Waals surface area contributed by atoms with Crippen LogP contribution < -0.4 is 0 Å². The Labute approximate surface area is 97.1 Å². The Morgan fingerprint density at radius 3 is 1.94 bits per heavy atom. The van der Waals surface area contributed by atoms with Gasteiger partial charge in [-0.15, -0.1) is 0 Å². The molecule has 0 aliphatic heterocycles. The average Bonchev–Trinajstić information content (AvgIpc) is 2.96. The molecule has 0 saturated carbocycles. The number of rotatable bonds is 2. The van der Waals surface area contributed by atoms with Crippen molar-refractivity contribution in [3.8, 4) is 0 Å². The predicted octanol–water partition coefficient (Wildman–Crippen LogP) is 3.97. The van der Waals surface area contributed by atoms with E-state index in [1.807, 2.05) is 0 Å². The van der Waals surface area contributed by atoms with Crippen molar-refractivity contribution in [3.05, 3.63) is 71.9 Å². The van der Waals surface area contributed by atoms with Crippen molar-refractivity contribution in [2.45, 2.75) is 6.92 Å². The molecule has 0 nitrogen and oxygen atoms in total. The Morgan fingerprint density at radius 2 is 1.31 bits per heavy atom. The molecule has 0 aromatic heterocycles. The summed E-state index contributed by atoms with van der Waals surface area (Å²) in [7, 11) is 0. The fourth-order valence-electron chi connectivity index (χ4n) is 2.79. The summed E-state index contributed by atoms with van der Waals surface area (Å²) in [4.78, 5) is 0. The fourth-order valence-corrected chi connectivity index (χ4v) is 2.79. The number of hydrogen-bond acceptors (Lipinski definition) is 0. The first-order valence-electron chi connectivity index (χ1n) is 5.98. The summed E-state index contributed by atoms with van der Waals surface area (Å²) in [6.07, 6.45) is 22.4. The van der Waals surface area contributed by atoms with E-state index in [2.05, 4.69) is 67.7 Å². The molecule has 0 fully saturated rings. The minimum atomic E-state index is 0.499. The number of allylic oxidation sites excluding steroid dienone is 12. The fraction of sp³-hybridized carbons (Fsp3) is 0.250. The first-order chi connectivity index (χ1) is 7.86. The van der Waals surface area contributed by atoms with Gasteiger partial charge in [0.2, 0.25) is 0 Å². The van der Waals surface area contributed by atoms with E-state index in [1.54, 1.807) is 5.57 Å². The van der Waals surface area contributed by atoms with Crippen LogP contribution in [0.1, 0.15) is 6.92 Å². The van der Waals surface area contributed by atoms with E-state index in [0.29, 0.717) is 17.8 Å². The molecule has 0 bridgehead atoms. The Kier molecular flexibility index (Phi) is 2.28. The lowest BCUT2D eigenvalue weighted by Crippen LogP contribution is -2.06. The summed E-state index contributed by atoms with van der Waals surface area (Å²) < 4.78 is 0. The molecule has 0 heterocycles. The van der Waals surface area contributed by atoms with Gasteiger partial charge in [0, 0.05) is 11.8 Å². The standard InChI is InChI=1S/C16H16/c1-12-10-11-15(13-6-2-3-7-13)16(12)14-8-4-5-9-14/h2-14H,1H3. The van der Waals surface area contributed by atoms with Gasteiger partial charge in [0.05, 0.1) is 0 Å². The molecule has 1 unspecified atom stereocenters. The lowest BCUT2D eigenvalue weighted by atomic mass is 9.86.